The van der Waals surface area contributed by atoms with Crippen molar-refractivity contribution in [2.75, 3.05) is 19.8 Å². The summed E-state index contributed by atoms with van der Waals surface area (Å²) in [5, 5.41) is 21.1. The molecule has 0 saturated heterocycles. The summed E-state index contributed by atoms with van der Waals surface area (Å²) in [6.45, 7) is 2.18. The van der Waals surface area contributed by atoms with Crippen molar-refractivity contribution in [3.63, 3.8) is 0 Å². The third-order valence-corrected chi connectivity index (χ3v) is 2.63. The lowest BCUT2D eigenvalue weighted by Crippen LogP contribution is -2.37. The smallest absolute Gasteiger partial charge is 0.159 e. The number of hydrogen-bond donors (Lipinski definition) is 3. The van der Waals surface area contributed by atoms with Crippen LogP contribution in [0.25, 0.3) is 0 Å². The van der Waals surface area contributed by atoms with Crippen molar-refractivity contribution in [3.05, 3.63) is 35.4 Å². The Morgan fingerprint density at radius 3 is 2.35 bits per heavy atom. The second-order valence-corrected chi connectivity index (χ2v) is 4.48. The molecule has 5 heteroatoms. The van der Waals surface area contributed by atoms with Gasteiger partial charge in [0.25, 0.3) is 0 Å². The van der Waals surface area contributed by atoms with Gasteiger partial charge >= 0.3 is 0 Å². The van der Waals surface area contributed by atoms with E-state index in [9.17, 15) is 8.78 Å². The zero-order valence-corrected chi connectivity index (χ0v) is 9.71. The first-order chi connectivity index (χ1) is 8.00. The standard InChI is InChI=1S/C12H17F2NO2/c1-12(7-16,8-17)6-15-5-9-2-3-10(13)11(14)4-9/h2-4,15-17H,5-8H2,1H3. The summed E-state index contributed by atoms with van der Waals surface area (Å²) >= 11 is 0. The molecule has 1 rings (SSSR count). The SMILES string of the molecule is CC(CO)(CO)CNCc1ccc(F)c(F)c1. The predicted octanol–water partition coefficient (Wildman–Crippen LogP) is 1.05. The number of halogens is 2. The lowest BCUT2D eigenvalue weighted by molar-refractivity contribution is 0.0695. The average molecular weight is 245 g/mol. The summed E-state index contributed by atoms with van der Waals surface area (Å²) in [4.78, 5) is 0. The fourth-order valence-corrected chi connectivity index (χ4v) is 1.32. The predicted molar refractivity (Wildman–Crippen MR) is 60.3 cm³/mol. The third-order valence-electron chi connectivity index (χ3n) is 2.63. The van der Waals surface area contributed by atoms with E-state index in [1.807, 2.05) is 0 Å². The minimum Gasteiger partial charge on any atom is -0.396 e. The van der Waals surface area contributed by atoms with Crippen molar-refractivity contribution in [1.29, 1.82) is 0 Å². The maximum atomic E-state index is 12.9. The Hall–Kier alpha value is -1.04. The van der Waals surface area contributed by atoms with Crippen LogP contribution in [0.5, 0.6) is 0 Å². The molecule has 3 nitrogen and oxygen atoms in total. The zero-order chi connectivity index (χ0) is 12.9. The van der Waals surface area contributed by atoms with Crippen molar-refractivity contribution < 1.29 is 19.0 Å². The number of aliphatic hydroxyl groups is 2. The highest BCUT2D eigenvalue weighted by molar-refractivity contribution is 5.17. The van der Waals surface area contributed by atoms with E-state index in [1.54, 1.807) is 6.92 Å². The largest absolute Gasteiger partial charge is 0.396 e. The van der Waals surface area contributed by atoms with Gasteiger partial charge in [-0.3, -0.25) is 0 Å². The van der Waals surface area contributed by atoms with E-state index in [0.29, 0.717) is 18.7 Å². The van der Waals surface area contributed by atoms with E-state index < -0.39 is 17.0 Å². The van der Waals surface area contributed by atoms with Gasteiger partial charge in [0.15, 0.2) is 11.6 Å². The molecule has 0 aliphatic heterocycles. The number of benzene rings is 1. The van der Waals surface area contributed by atoms with Crippen LogP contribution >= 0.6 is 0 Å². The topological polar surface area (TPSA) is 52.5 Å². The van der Waals surface area contributed by atoms with Gasteiger partial charge in [-0.15, -0.1) is 0 Å². The number of nitrogens with one attached hydrogen (secondary N) is 1. The van der Waals surface area contributed by atoms with Crippen molar-refractivity contribution in [3.8, 4) is 0 Å². The van der Waals surface area contributed by atoms with Gasteiger partial charge in [0, 0.05) is 18.5 Å². The molecule has 0 saturated carbocycles. The molecule has 0 radical (unpaired) electrons. The molecule has 0 amide bonds. The lowest BCUT2D eigenvalue weighted by atomic mass is 9.93. The molecule has 0 aliphatic carbocycles. The summed E-state index contributed by atoms with van der Waals surface area (Å²) in [6.07, 6.45) is 0. The maximum absolute atomic E-state index is 12.9. The van der Waals surface area contributed by atoms with Crippen LogP contribution in [0.1, 0.15) is 12.5 Å². The van der Waals surface area contributed by atoms with E-state index in [4.69, 9.17) is 10.2 Å². The van der Waals surface area contributed by atoms with Crippen LogP contribution in [-0.2, 0) is 6.54 Å². The highest BCUT2D eigenvalue weighted by Crippen LogP contribution is 2.13. The highest BCUT2D eigenvalue weighted by Gasteiger charge is 2.21. The Morgan fingerprint density at radius 2 is 1.82 bits per heavy atom. The fourth-order valence-electron chi connectivity index (χ4n) is 1.32. The third kappa shape index (κ3) is 4.03. The summed E-state index contributed by atoms with van der Waals surface area (Å²) in [7, 11) is 0. The molecule has 1 aromatic rings. The van der Waals surface area contributed by atoms with Gasteiger partial charge in [0.1, 0.15) is 0 Å². The van der Waals surface area contributed by atoms with Crippen molar-refractivity contribution >= 4 is 0 Å². The van der Waals surface area contributed by atoms with Crippen LogP contribution in [0, 0.1) is 17.0 Å². The van der Waals surface area contributed by atoms with Crippen molar-refractivity contribution in [1.82, 2.24) is 5.32 Å². The summed E-state index contributed by atoms with van der Waals surface area (Å²) in [6, 6.07) is 3.68. The molecule has 0 unspecified atom stereocenters. The molecule has 17 heavy (non-hydrogen) atoms. The van der Waals surface area contributed by atoms with Crippen LogP contribution in [0.15, 0.2) is 18.2 Å². The van der Waals surface area contributed by atoms with E-state index in [0.717, 1.165) is 12.1 Å². The van der Waals surface area contributed by atoms with Gasteiger partial charge in [-0.25, -0.2) is 8.78 Å². The van der Waals surface area contributed by atoms with Gasteiger partial charge in [0.05, 0.1) is 13.2 Å². The first-order valence-corrected chi connectivity index (χ1v) is 5.37. The molecule has 1 aromatic carbocycles. The molecule has 0 aliphatic rings. The normalized spacial score (nSPS) is 11.8. The maximum Gasteiger partial charge on any atom is 0.159 e. The Bertz CT molecular complexity index is 368. The monoisotopic (exact) mass is 245 g/mol. The Morgan fingerprint density at radius 1 is 1.18 bits per heavy atom. The molecule has 3 N–H and O–H groups in total. The summed E-state index contributed by atoms with van der Waals surface area (Å²) in [5.41, 5.74) is 0.000558. The average Bonchev–Trinajstić information content (AvgIpc) is 2.33. The van der Waals surface area contributed by atoms with Crippen molar-refractivity contribution in [2.24, 2.45) is 5.41 Å². The zero-order valence-electron chi connectivity index (χ0n) is 9.71. The molecule has 0 atom stereocenters. The minimum absolute atomic E-state index is 0.145. The highest BCUT2D eigenvalue weighted by atomic mass is 19.2. The molecular weight excluding hydrogens is 228 g/mol. The van der Waals surface area contributed by atoms with Gasteiger partial charge < -0.3 is 15.5 Å². The van der Waals surface area contributed by atoms with Crippen LogP contribution in [0.2, 0.25) is 0 Å². The quantitative estimate of drug-likeness (QED) is 0.702. The van der Waals surface area contributed by atoms with Gasteiger partial charge in [-0.2, -0.15) is 0 Å². The number of aliphatic hydroxyl groups excluding tert-OH is 2. The molecular formula is C12H17F2NO2. The lowest BCUT2D eigenvalue weighted by Gasteiger charge is -2.24. The Balaban J connectivity index is 2.48. The van der Waals surface area contributed by atoms with Crippen molar-refractivity contribution in [2.45, 2.75) is 13.5 Å². The van der Waals surface area contributed by atoms with Crippen LogP contribution in [0.3, 0.4) is 0 Å². The van der Waals surface area contributed by atoms with E-state index >= 15 is 0 Å². The van der Waals surface area contributed by atoms with Gasteiger partial charge in [-0.1, -0.05) is 13.0 Å². The Labute approximate surface area is 99.1 Å². The number of rotatable bonds is 6. The number of hydrogen-bond acceptors (Lipinski definition) is 3. The minimum atomic E-state index is -0.878. The van der Waals surface area contributed by atoms with Crippen LogP contribution in [0.4, 0.5) is 8.78 Å². The van der Waals surface area contributed by atoms with Crippen LogP contribution in [-0.4, -0.2) is 30.0 Å². The molecule has 96 valence electrons. The molecule has 0 fully saturated rings. The fraction of sp³-hybridized carbons (Fsp3) is 0.500. The first kappa shape index (κ1) is 14.0. The van der Waals surface area contributed by atoms with E-state index in [1.165, 1.54) is 6.07 Å². The second kappa shape index (κ2) is 6.05. The molecule has 0 bridgehead atoms. The Kier molecular flexibility index (Phi) is 4.99. The van der Waals surface area contributed by atoms with Gasteiger partial charge in [0.2, 0.25) is 0 Å². The first-order valence-electron chi connectivity index (χ1n) is 5.37. The molecule has 0 heterocycles. The molecule has 0 aromatic heterocycles. The summed E-state index contributed by atoms with van der Waals surface area (Å²) < 4.78 is 25.5. The van der Waals surface area contributed by atoms with Crippen LogP contribution < -0.4 is 5.32 Å². The molecule has 0 spiro atoms. The van der Waals surface area contributed by atoms with E-state index in [-0.39, 0.29) is 13.2 Å². The van der Waals surface area contributed by atoms with Gasteiger partial charge in [-0.05, 0) is 17.7 Å². The second-order valence-electron chi connectivity index (χ2n) is 4.48. The van der Waals surface area contributed by atoms with E-state index in [2.05, 4.69) is 5.32 Å². The summed E-state index contributed by atoms with van der Waals surface area (Å²) in [5.74, 6) is -1.75.